The maximum absolute atomic E-state index is 10.8. The molecule has 1 atom stereocenters. The van der Waals surface area contributed by atoms with Crippen molar-refractivity contribution in [1.29, 1.82) is 0 Å². The largest absolute Gasteiger partial charge is 1.00 e. The van der Waals surface area contributed by atoms with Crippen molar-refractivity contribution in [3.05, 3.63) is 0 Å². The molecule has 0 radical (unpaired) electrons. The molecule has 0 saturated heterocycles. The number of hydrogen-bond donors (Lipinski definition) is 0. The van der Waals surface area contributed by atoms with Gasteiger partial charge in [-0.25, -0.2) is 0 Å². The summed E-state index contributed by atoms with van der Waals surface area (Å²) in [6, 6.07) is 0. The Morgan fingerprint density at radius 1 is 0.621 bits per heavy atom. The minimum Gasteiger partial charge on any atom is -1.00 e. The SMILES string of the molecule is CCCCCCCCCCCCCCCCCCCCCCC(C)OC(C)=O.[H-].[K+]. The molecule has 0 aromatic heterocycles. The van der Waals surface area contributed by atoms with Gasteiger partial charge in [-0.05, 0) is 19.8 Å². The van der Waals surface area contributed by atoms with E-state index < -0.39 is 0 Å². The van der Waals surface area contributed by atoms with E-state index in [1.54, 1.807) is 0 Å². The molecule has 0 N–H and O–H groups in total. The average molecular weight is 437 g/mol. The third-order valence-corrected chi connectivity index (χ3v) is 5.83. The van der Waals surface area contributed by atoms with Crippen LogP contribution >= 0.6 is 0 Å². The molecule has 170 valence electrons. The van der Waals surface area contributed by atoms with Gasteiger partial charge in [0, 0.05) is 6.92 Å². The van der Waals surface area contributed by atoms with Gasteiger partial charge in [-0.15, -0.1) is 0 Å². The van der Waals surface area contributed by atoms with Crippen LogP contribution < -0.4 is 51.4 Å². The number of carbonyl (C=O) groups is 1. The minimum atomic E-state index is -0.152. The third kappa shape index (κ3) is 29.1. The molecule has 0 saturated carbocycles. The van der Waals surface area contributed by atoms with E-state index in [9.17, 15) is 4.79 Å². The summed E-state index contributed by atoms with van der Waals surface area (Å²) in [6.45, 7) is 5.78. The second-order valence-corrected chi connectivity index (χ2v) is 8.93. The summed E-state index contributed by atoms with van der Waals surface area (Å²) >= 11 is 0. The van der Waals surface area contributed by atoms with Gasteiger partial charge in [0.2, 0.25) is 0 Å². The van der Waals surface area contributed by atoms with E-state index in [0.29, 0.717) is 0 Å². The van der Waals surface area contributed by atoms with Crippen molar-refractivity contribution in [3.63, 3.8) is 0 Å². The van der Waals surface area contributed by atoms with E-state index in [2.05, 4.69) is 6.92 Å². The van der Waals surface area contributed by atoms with Crippen molar-refractivity contribution in [3.8, 4) is 0 Å². The standard InChI is InChI=1S/C26H52O2.K.H/c1-4-5-6-7-8-9-10-11-12-13-14-15-16-17-18-19-20-21-22-23-24-25(2)28-26(3)27;;/h25H,4-24H2,1-3H3;;/q;+1;-1. The second-order valence-electron chi connectivity index (χ2n) is 8.93. The molecule has 0 fully saturated rings. The first-order valence-electron chi connectivity index (χ1n) is 12.8. The Labute approximate surface area is 228 Å². The van der Waals surface area contributed by atoms with E-state index >= 15 is 0 Å². The van der Waals surface area contributed by atoms with Crippen molar-refractivity contribution in [2.75, 3.05) is 0 Å². The van der Waals surface area contributed by atoms with Crippen molar-refractivity contribution in [1.82, 2.24) is 0 Å². The van der Waals surface area contributed by atoms with Gasteiger partial charge in [-0.3, -0.25) is 4.79 Å². The first-order valence-corrected chi connectivity index (χ1v) is 12.8. The molecule has 3 heteroatoms. The molecule has 0 aliphatic rings. The molecule has 0 aliphatic carbocycles. The number of hydrogen-bond acceptors (Lipinski definition) is 2. The fourth-order valence-corrected chi connectivity index (χ4v) is 4.03. The average Bonchev–Trinajstić information content (AvgIpc) is 2.66. The van der Waals surface area contributed by atoms with E-state index in [1.807, 2.05) is 6.92 Å². The molecule has 0 rings (SSSR count). The maximum Gasteiger partial charge on any atom is 1.00 e. The molecular formula is C26H53KO2. The summed E-state index contributed by atoms with van der Waals surface area (Å²) in [5.74, 6) is -0.152. The first kappa shape index (κ1) is 32.3. The molecule has 1 unspecified atom stereocenters. The fraction of sp³-hybridized carbons (Fsp3) is 0.962. The molecule has 2 nitrogen and oxygen atoms in total. The Morgan fingerprint density at radius 2 is 0.897 bits per heavy atom. The number of rotatable bonds is 22. The zero-order valence-corrected chi connectivity index (χ0v) is 23.9. The van der Waals surface area contributed by atoms with E-state index in [0.717, 1.165) is 6.42 Å². The molecule has 0 bridgehead atoms. The predicted molar refractivity (Wildman–Crippen MR) is 125 cm³/mol. The van der Waals surface area contributed by atoms with Gasteiger partial charge in [-0.2, -0.15) is 0 Å². The van der Waals surface area contributed by atoms with Crippen molar-refractivity contribution < 1.29 is 62.3 Å². The quantitative estimate of drug-likeness (QED) is 0.114. The van der Waals surface area contributed by atoms with Crippen LogP contribution in [0, 0.1) is 0 Å². The third-order valence-electron chi connectivity index (χ3n) is 5.83. The molecule has 0 aromatic carbocycles. The van der Waals surface area contributed by atoms with E-state index in [1.165, 1.54) is 135 Å². The van der Waals surface area contributed by atoms with Crippen molar-refractivity contribution >= 4 is 5.97 Å². The van der Waals surface area contributed by atoms with Crippen LogP contribution in [0.25, 0.3) is 0 Å². The van der Waals surface area contributed by atoms with Gasteiger partial charge >= 0.3 is 57.4 Å². The Bertz CT molecular complexity index is 326. The fourth-order valence-electron chi connectivity index (χ4n) is 4.03. The number of esters is 1. The predicted octanol–water partition coefficient (Wildman–Crippen LogP) is 6.27. The van der Waals surface area contributed by atoms with Crippen LogP contribution in [0.15, 0.2) is 0 Å². The first-order chi connectivity index (χ1) is 13.7. The number of carbonyl (C=O) groups excluding carboxylic acids is 1. The van der Waals surface area contributed by atoms with Crippen LogP contribution in [0.3, 0.4) is 0 Å². The summed E-state index contributed by atoms with van der Waals surface area (Å²) in [5, 5.41) is 0. The molecule has 0 heterocycles. The van der Waals surface area contributed by atoms with Gasteiger partial charge < -0.3 is 6.16 Å². The van der Waals surface area contributed by atoms with Crippen LogP contribution in [0.1, 0.15) is 157 Å². The molecule has 0 spiro atoms. The van der Waals surface area contributed by atoms with Gasteiger partial charge in [0.05, 0.1) is 6.10 Å². The zero-order chi connectivity index (χ0) is 20.7. The maximum atomic E-state index is 10.8. The van der Waals surface area contributed by atoms with Crippen LogP contribution in [-0.4, -0.2) is 12.1 Å². The van der Waals surface area contributed by atoms with Crippen LogP contribution in [-0.2, 0) is 9.53 Å². The van der Waals surface area contributed by atoms with Gasteiger partial charge in [0.1, 0.15) is 0 Å². The van der Waals surface area contributed by atoms with Crippen LogP contribution in [0.5, 0.6) is 0 Å². The van der Waals surface area contributed by atoms with Gasteiger partial charge in [0.15, 0.2) is 0 Å². The molecular weight excluding hydrogens is 383 g/mol. The van der Waals surface area contributed by atoms with Gasteiger partial charge in [-0.1, -0.05) is 129 Å². The number of ether oxygens (including phenoxy) is 1. The van der Waals surface area contributed by atoms with Crippen molar-refractivity contribution in [2.45, 2.75) is 162 Å². The summed E-state index contributed by atoms with van der Waals surface area (Å²) in [4.78, 5) is 10.8. The number of unbranched alkanes of at least 4 members (excludes halogenated alkanes) is 19. The Balaban J connectivity index is -0.00000364. The Morgan fingerprint density at radius 3 is 1.17 bits per heavy atom. The molecule has 0 aliphatic heterocycles. The monoisotopic (exact) mass is 436 g/mol. The topological polar surface area (TPSA) is 26.3 Å². The summed E-state index contributed by atoms with van der Waals surface area (Å²) in [5.41, 5.74) is 0. The second kappa shape index (κ2) is 27.1. The molecule has 0 amide bonds. The van der Waals surface area contributed by atoms with Crippen LogP contribution in [0.2, 0.25) is 0 Å². The molecule has 29 heavy (non-hydrogen) atoms. The minimum absolute atomic E-state index is 0. The Kier molecular flexibility index (Phi) is 30.2. The summed E-state index contributed by atoms with van der Waals surface area (Å²) < 4.78 is 5.15. The Hall–Kier alpha value is 1.11. The normalized spacial score (nSPS) is 11.8. The summed E-state index contributed by atoms with van der Waals surface area (Å²) in [6.07, 6.45) is 29.4. The van der Waals surface area contributed by atoms with Gasteiger partial charge in [0.25, 0.3) is 0 Å². The smallest absolute Gasteiger partial charge is 1.00 e. The van der Waals surface area contributed by atoms with E-state index in [-0.39, 0.29) is 64.9 Å². The zero-order valence-electron chi connectivity index (χ0n) is 21.7. The molecule has 0 aromatic rings. The van der Waals surface area contributed by atoms with Crippen molar-refractivity contribution in [2.24, 2.45) is 0 Å². The van der Waals surface area contributed by atoms with E-state index in [4.69, 9.17) is 4.74 Å². The van der Waals surface area contributed by atoms with Crippen LogP contribution in [0.4, 0.5) is 0 Å². The summed E-state index contributed by atoms with van der Waals surface area (Å²) in [7, 11) is 0.